The number of imidazole rings is 1. The summed E-state index contributed by atoms with van der Waals surface area (Å²) < 4.78 is 22.9. The Kier molecular flexibility index (Phi) is 5.31. The number of aromatic nitrogens is 5. The second kappa shape index (κ2) is 8.42. The largest absolute Gasteiger partial charge is 0.495 e. The fourth-order valence-corrected chi connectivity index (χ4v) is 4.17. The van der Waals surface area contributed by atoms with Crippen molar-refractivity contribution in [3.63, 3.8) is 0 Å². The van der Waals surface area contributed by atoms with E-state index < -0.39 is 0 Å². The van der Waals surface area contributed by atoms with Gasteiger partial charge in [0.25, 0.3) is 0 Å². The number of rotatable bonds is 5. The molecule has 0 fully saturated rings. The van der Waals surface area contributed by atoms with Crippen LogP contribution in [0, 0.1) is 12.7 Å². The average Bonchev–Trinajstić information content (AvgIpc) is 3.43. The van der Waals surface area contributed by atoms with Crippen molar-refractivity contribution in [2.24, 2.45) is 0 Å². The quantitative estimate of drug-likeness (QED) is 0.447. The molecule has 1 aliphatic heterocycles. The van der Waals surface area contributed by atoms with Gasteiger partial charge in [-0.15, -0.1) is 0 Å². The number of hydrogen-bond donors (Lipinski definition) is 0. The predicted octanol–water partition coefficient (Wildman–Crippen LogP) is 5.02. The van der Waals surface area contributed by atoms with E-state index in [9.17, 15) is 4.39 Å². The van der Waals surface area contributed by atoms with Crippen molar-refractivity contribution in [2.45, 2.75) is 32.2 Å². The molecule has 32 heavy (non-hydrogen) atoms. The molecule has 0 amide bonds. The summed E-state index contributed by atoms with van der Waals surface area (Å²) in [6, 6.07) is 12.8. The normalized spacial score (nSPS) is 15.8. The lowest BCUT2D eigenvalue weighted by Gasteiger charge is -2.23. The van der Waals surface area contributed by atoms with Crippen LogP contribution in [0.25, 0.3) is 17.8 Å². The Hall–Kier alpha value is -3.74. The zero-order chi connectivity index (χ0) is 22.1. The second-order valence-electron chi connectivity index (χ2n) is 7.98. The minimum Gasteiger partial charge on any atom is -0.495 e. The highest BCUT2D eigenvalue weighted by Gasteiger charge is 2.24. The Morgan fingerprint density at radius 3 is 2.72 bits per heavy atom. The van der Waals surface area contributed by atoms with Crippen LogP contribution in [-0.4, -0.2) is 31.4 Å². The van der Waals surface area contributed by atoms with Crippen LogP contribution in [0.4, 0.5) is 4.39 Å². The molecule has 0 saturated carbocycles. The van der Waals surface area contributed by atoms with E-state index in [2.05, 4.69) is 4.98 Å². The van der Waals surface area contributed by atoms with E-state index in [-0.39, 0.29) is 11.9 Å². The topological polar surface area (TPSA) is 57.8 Å². The molecule has 0 unspecified atom stereocenters. The molecular weight excluding hydrogens is 405 g/mol. The Balaban J connectivity index is 1.40. The van der Waals surface area contributed by atoms with Crippen molar-refractivity contribution in [3.05, 3.63) is 89.3 Å². The van der Waals surface area contributed by atoms with E-state index in [0.29, 0.717) is 5.82 Å². The zero-order valence-corrected chi connectivity index (χ0v) is 18.1. The highest BCUT2D eigenvalue weighted by molar-refractivity contribution is 5.69. The molecule has 0 spiro atoms. The van der Waals surface area contributed by atoms with Crippen LogP contribution in [0.5, 0.6) is 5.75 Å². The molecule has 0 bridgehead atoms. The number of ether oxygens (including phenoxy) is 1. The van der Waals surface area contributed by atoms with Crippen molar-refractivity contribution in [1.29, 1.82) is 0 Å². The number of benzene rings is 2. The van der Waals surface area contributed by atoms with Crippen molar-refractivity contribution in [2.75, 3.05) is 7.11 Å². The van der Waals surface area contributed by atoms with E-state index >= 15 is 0 Å². The molecule has 5 rings (SSSR count). The van der Waals surface area contributed by atoms with E-state index in [1.54, 1.807) is 13.4 Å². The Bertz CT molecular complexity index is 1270. The SMILES string of the molecule is COc1cc(C=Cc2nc3n(n2)[C@H](c2ccc(F)cc2)CCC3)ccc1-n1cnc(C)c1. The molecule has 1 aliphatic rings. The van der Waals surface area contributed by atoms with Gasteiger partial charge in [0.05, 0.1) is 30.9 Å². The fourth-order valence-electron chi connectivity index (χ4n) is 4.17. The van der Waals surface area contributed by atoms with Crippen molar-refractivity contribution < 1.29 is 9.13 Å². The molecule has 1 atom stereocenters. The van der Waals surface area contributed by atoms with Gasteiger partial charge >= 0.3 is 0 Å². The molecule has 2 aromatic heterocycles. The fraction of sp³-hybridized carbons (Fsp3) is 0.240. The van der Waals surface area contributed by atoms with Gasteiger partial charge in [0.1, 0.15) is 17.4 Å². The summed E-state index contributed by atoms with van der Waals surface area (Å²) in [6.45, 7) is 1.96. The third-order valence-electron chi connectivity index (χ3n) is 5.76. The molecule has 3 heterocycles. The zero-order valence-electron chi connectivity index (χ0n) is 18.1. The summed E-state index contributed by atoms with van der Waals surface area (Å²) in [5.41, 5.74) is 3.93. The summed E-state index contributed by atoms with van der Waals surface area (Å²) in [7, 11) is 1.66. The first-order valence-electron chi connectivity index (χ1n) is 10.7. The van der Waals surface area contributed by atoms with Gasteiger partial charge in [0.15, 0.2) is 5.82 Å². The van der Waals surface area contributed by atoms with Crippen LogP contribution >= 0.6 is 0 Å². The van der Waals surface area contributed by atoms with E-state index in [1.807, 2.05) is 64.9 Å². The van der Waals surface area contributed by atoms with Gasteiger partial charge < -0.3 is 9.30 Å². The molecule has 0 radical (unpaired) electrons. The monoisotopic (exact) mass is 429 g/mol. The van der Waals surface area contributed by atoms with Gasteiger partial charge in [-0.2, -0.15) is 5.10 Å². The van der Waals surface area contributed by atoms with Crippen LogP contribution in [0.3, 0.4) is 0 Å². The lowest BCUT2D eigenvalue weighted by atomic mass is 9.98. The maximum atomic E-state index is 13.3. The molecule has 0 N–H and O–H groups in total. The molecule has 2 aromatic carbocycles. The Morgan fingerprint density at radius 1 is 1.12 bits per heavy atom. The number of halogens is 1. The number of nitrogens with zero attached hydrogens (tertiary/aromatic N) is 5. The maximum Gasteiger partial charge on any atom is 0.174 e. The van der Waals surface area contributed by atoms with Crippen LogP contribution in [-0.2, 0) is 6.42 Å². The molecule has 7 heteroatoms. The number of fused-ring (bicyclic) bond motifs is 1. The molecule has 6 nitrogen and oxygen atoms in total. The number of methoxy groups -OCH3 is 1. The van der Waals surface area contributed by atoms with Gasteiger partial charge in [0.2, 0.25) is 0 Å². The molecule has 162 valence electrons. The van der Waals surface area contributed by atoms with Crippen LogP contribution in [0.1, 0.15) is 47.4 Å². The van der Waals surface area contributed by atoms with E-state index in [0.717, 1.165) is 53.3 Å². The summed E-state index contributed by atoms with van der Waals surface area (Å²) in [4.78, 5) is 9.00. The number of aryl methyl sites for hydroxylation is 2. The average molecular weight is 429 g/mol. The van der Waals surface area contributed by atoms with E-state index in [1.165, 1.54) is 12.1 Å². The lowest BCUT2D eigenvalue weighted by Crippen LogP contribution is -2.20. The first-order valence-corrected chi connectivity index (χ1v) is 10.7. The van der Waals surface area contributed by atoms with Crippen LogP contribution in [0.2, 0.25) is 0 Å². The first kappa shape index (κ1) is 20.2. The first-order chi connectivity index (χ1) is 15.6. The smallest absolute Gasteiger partial charge is 0.174 e. The highest BCUT2D eigenvalue weighted by Crippen LogP contribution is 2.30. The minimum absolute atomic E-state index is 0.0898. The summed E-state index contributed by atoms with van der Waals surface area (Å²) >= 11 is 0. The van der Waals surface area contributed by atoms with Crippen molar-refractivity contribution >= 4 is 12.2 Å². The molecule has 0 aliphatic carbocycles. The Labute approximate surface area is 186 Å². The Morgan fingerprint density at radius 2 is 1.97 bits per heavy atom. The van der Waals surface area contributed by atoms with Gasteiger partial charge in [-0.3, -0.25) is 0 Å². The second-order valence-corrected chi connectivity index (χ2v) is 7.98. The standard InChI is InChI=1S/C25H24FN5O/c1-17-15-30(16-27-17)22-12-6-18(14-23(22)32-2)7-13-24-28-25-5-3-4-21(31(25)29-24)19-8-10-20(26)11-9-19/h6-16,21H,3-5H2,1-2H3/t21-/m0/s1. The van der Waals surface area contributed by atoms with E-state index in [4.69, 9.17) is 14.8 Å². The molecule has 4 aromatic rings. The van der Waals surface area contributed by atoms with Gasteiger partial charge in [-0.25, -0.2) is 19.0 Å². The summed E-state index contributed by atoms with van der Waals surface area (Å²) in [6.07, 6.45) is 10.5. The predicted molar refractivity (Wildman–Crippen MR) is 121 cm³/mol. The summed E-state index contributed by atoms with van der Waals surface area (Å²) in [5, 5.41) is 4.74. The van der Waals surface area contributed by atoms with Gasteiger partial charge in [-0.1, -0.05) is 24.3 Å². The third-order valence-corrected chi connectivity index (χ3v) is 5.76. The van der Waals surface area contributed by atoms with Crippen molar-refractivity contribution in [3.8, 4) is 11.4 Å². The van der Waals surface area contributed by atoms with Crippen molar-refractivity contribution in [1.82, 2.24) is 24.3 Å². The van der Waals surface area contributed by atoms with Gasteiger partial charge in [-0.05, 0) is 61.2 Å². The van der Waals surface area contributed by atoms with Crippen LogP contribution in [0.15, 0.2) is 55.0 Å². The van der Waals surface area contributed by atoms with Crippen LogP contribution < -0.4 is 4.74 Å². The maximum absolute atomic E-state index is 13.3. The molecular formula is C25H24FN5O. The third kappa shape index (κ3) is 3.93. The van der Waals surface area contributed by atoms with Gasteiger partial charge in [0, 0.05) is 12.6 Å². The highest BCUT2D eigenvalue weighted by atomic mass is 19.1. The lowest BCUT2D eigenvalue weighted by molar-refractivity contribution is 0.411. The molecule has 0 saturated heterocycles. The number of hydrogen-bond acceptors (Lipinski definition) is 4. The summed E-state index contributed by atoms with van der Waals surface area (Å²) in [5.74, 6) is 2.17. The minimum atomic E-state index is -0.225.